The van der Waals surface area contributed by atoms with Crippen molar-refractivity contribution in [3.05, 3.63) is 86.1 Å². The van der Waals surface area contributed by atoms with Crippen molar-refractivity contribution in [1.82, 2.24) is 5.32 Å². The highest BCUT2D eigenvalue weighted by molar-refractivity contribution is 8.17. The quantitative estimate of drug-likeness (QED) is 0.574. The van der Waals surface area contributed by atoms with E-state index in [9.17, 15) is 19.3 Å². The van der Waals surface area contributed by atoms with Crippen LogP contribution in [-0.4, -0.2) is 16.0 Å². The van der Waals surface area contributed by atoms with Crippen LogP contribution in [0.2, 0.25) is 0 Å². The minimum Gasteiger partial charge on any atom is -0.301 e. The van der Waals surface area contributed by atoms with Crippen molar-refractivity contribution in [2.75, 3.05) is 0 Å². The number of aliphatic imine (C=N–C) groups is 1. The molecule has 1 heterocycles. The molecule has 0 fully saturated rings. The fourth-order valence-corrected chi connectivity index (χ4v) is 5.06. The van der Waals surface area contributed by atoms with Crippen LogP contribution in [0.25, 0.3) is 0 Å². The van der Waals surface area contributed by atoms with Gasteiger partial charge in [0.1, 0.15) is 11.4 Å². The number of halogens is 1. The second-order valence-electron chi connectivity index (χ2n) is 7.09. The van der Waals surface area contributed by atoms with Crippen LogP contribution in [0.3, 0.4) is 0 Å². The van der Waals surface area contributed by atoms with E-state index in [0.29, 0.717) is 10.7 Å². The predicted molar refractivity (Wildman–Crippen MR) is 110 cm³/mol. The van der Waals surface area contributed by atoms with E-state index in [-0.39, 0.29) is 17.2 Å². The Hall–Kier alpha value is -3.00. The summed E-state index contributed by atoms with van der Waals surface area (Å²) in [5, 5.41) is 14.4. The highest BCUT2D eigenvalue weighted by Gasteiger charge is 2.41. The first kappa shape index (κ1) is 19.3. The molecule has 0 aromatic heterocycles. The zero-order valence-electron chi connectivity index (χ0n) is 15.6. The molecule has 148 valence electrons. The number of benzene rings is 2. The van der Waals surface area contributed by atoms with Gasteiger partial charge in [-0.05, 0) is 54.9 Å². The summed E-state index contributed by atoms with van der Waals surface area (Å²) >= 11 is 1.38. The lowest BCUT2D eigenvalue weighted by Crippen LogP contribution is -2.35. The standard InChI is InChI=1S/C21H18FN3O3S/c1-21(16-12-14(25(27)28)10-11-17(16)22)15-8-5-9-18(15)29-20(24-21)23-19(26)13-6-3-2-4-7-13/h2-4,6-7,10-12H,5,8-9H2,1H3,(H,23,24,26). The topological polar surface area (TPSA) is 84.6 Å². The number of amidine groups is 1. The molecule has 2 aliphatic rings. The average Bonchev–Trinajstić information content (AvgIpc) is 3.18. The van der Waals surface area contributed by atoms with Crippen molar-refractivity contribution in [3.8, 4) is 0 Å². The molecule has 1 aliphatic heterocycles. The van der Waals surface area contributed by atoms with E-state index in [1.807, 2.05) is 6.07 Å². The van der Waals surface area contributed by atoms with E-state index < -0.39 is 16.3 Å². The maximum atomic E-state index is 14.8. The third-order valence-electron chi connectivity index (χ3n) is 5.24. The summed E-state index contributed by atoms with van der Waals surface area (Å²) in [5.74, 6) is -0.859. The maximum Gasteiger partial charge on any atom is 0.270 e. The third-order valence-corrected chi connectivity index (χ3v) is 6.33. The number of nitro benzene ring substituents is 1. The fourth-order valence-electron chi connectivity index (χ4n) is 3.79. The van der Waals surface area contributed by atoms with Crippen LogP contribution in [0, 0.1) is 15.9 Å². The number of non-ortho nitro benzene ring substituents is 1. The van der Waals surface area contributed by atoms with E-state index in [0.717, 1.165) is 41.9 Å². The number of nitrogens with zero attached hydrogens (tertiary/aromatic N) is 2. The maximum absolute atomic E-state index is 14.8. The van der Waals surface area contributed by atoms with Gasteiger partial charge in [0, 0.05) is 23.3 Å². The second-order valence-corrected chi connectivity index (χ2v) is 8.17. The second kappa shape index (κ2) is 7.44. The van der Waals surface area contributed by atoms with Crippen molar-refractivity contribution < 1.29 is 14.1 Å². The molecular formula is C21H18FN3O3S. The molecule has 0 spiro atoms. The predicted octanol–water partition coefficient (Wildman–Crippen LogP) is 4.92. The van der Waals surface area contributed by atoms with Crippen molar-refractivity contribution in [3.63, 3.8) is 0 Å². The highest BCUT2D eigenvalue weighted by atomic mass is 32.2. The molecule has 1 aliphatic carbocycles. The number of hydrogen-bond acceptors (Lipinski definition) is 5. The van der Waals surface area contributed by atoms with Gasteiger partial charge in [-0.3, -0.25) is 14.9 Å². The summed E-state index contributed by atoms with van der Waals surface area (Å²) < 4.78 is 14.8. The Morgan fingerprint density at radius 1 is 1.24 bits per heavy atom. The smallest absolute Gasteiger partial charge is 0.270 e. The van der Waals surface area contributed by atoms with E-state index in [1.165, 1.54) is 17.8 Å². The number of carbonyl (C=O) groups is 1. The van der Waals surface area contributed by atoms with Crippen molar-refractivity contribution in [2.45, 2.75) is 31.7 Å². The van der Waals surface area contributed by atoms with Gasteiger partial charge in [-0.2, -0.15) is 0 Å². The molecule has 0 bridgehead atoms. The van der Waals surface area contributed by atoms with E-state index in [2.05, 4.69) is 10.3 Å². The monoisotopic (exact) mass is 411 g/mol. The normalized spacial score (nSPS) is 20.8. The van der Waals surface area contributed by atoms with Gasteiger partial charge in [0.15, 0.2) is 5.17 Å². The summed E-state index contributed by atoms with van der Waals surface area (Å²) in [6, 6.07) is 12.2. The van der Waals surface area contributed by atoms with Crippen molar-refractivity contribution >= 4 is 28.5 Å². The molecule has 1 unspecified atom stereocenters. The molecule has 29 heavy (non-hydrogen) atoms. The van der Waals surface area contributed by atoms with Crippen LogP contribution >= 0.6 is 11.8 Å². The van der Waals surface area contributed by atoms with Crippen molar-refractivity contribution in [1.29, 1.82) is 0 Å². The largest absolute Gasteiger partial charge is 0.301 e. The Labute approximate surface area is 171 Å². The zero-order valence-corrected chi connectivity index (χ0v) is 16.5. The first-order chi connectivity index (χ1) is 13.9. The molecule has 6 nitrogen and oxygen atoms in total. The van der Waals surface area contributed by atoms with Crippen LogP contribution < -0.4 is 5.32 Å². The minimum atomic E-state index is -1.10. The summed E-state index contributed by atoms with van der Waals surface area (Å²) in [4.78, 5) is 29.0. The summed E-state index contributed by atoms with van der Waals surface area (Å²) in [6.45, 7) is 1.75. The van der Waals surface area contributed by atoms with Gasteiger partial charge >= 0.3 is 0 Å². The van der Waals surface area contributed by atoms with Gasteiger partial charge in [-0.15, -0.1) is 0 Å². The molecule has 1 amide bonds. The zero-order chi connectivity index (χ0) is 20.6. The van der Waals surface area contributed by atoms with Crippen LogP contribution in [0.4, 0.5) is 10.1 Å². The van der Waals surface area contributed by atoms with Crippen LogP contribution in [0.1, 0.15) is 42.1 Å². The number of amides is 1. The Kier molecular flexibility index (Phi) is 4.96. The van der Waals surface area contributed by atoms with Gasteiger partial charge in [0.05, 0.1) is 4.92 Å². The Morgan fingerprint density at radius 3 is 2.72 bits per heavy atom. The average molecular weight is 411 g/mol. The number of rotatable bonds is 3. The Bertz CT molecular complexity index is 1070. The molecule has 0 radical (unpaired) electrons. The van der Waals surface area contributed by atoms with Gasteiger partial charge < -0.3 is 5.32 Å². The summed E-state index contributed by atoms with van der Waals surface area (Å²) in [6.07, 6.45) is 2.45. The number of allylic oxidation sites excluding steroid dienone is 1. The number of nitrogens with one attached hydrogen (secondary N) is 1. The fraction of sp³-hybridized carbons (Fsp3) is 0.238. The van der Waals surface area contributed by atoms with E-state index in [1.54, 1.807) is 31.2 Å². The third kappa shape index (κ3) is 3.55. The number of thioether (sulfide) groups is 1. The number of hydrogen-bond donors (Lipinski definition) is 1. The molecule has 4 rings (SSSR count). The molecule has 8 heteroatoms. The van der Waals surface area contributed by atoms with Crippen LogP contribution in [-0.2, 0) is 5.54 Å². The highest BCUT2D eigenvalue weighted by Crippen LogP contribution is 2.50. The molecule has 1 N–H and O–H groups in total. The molecular weight excluding hydrogens is 393 g/mol. The SMILES string of the molecule is CC1(c2cc([N+](=O)[O-])ccc2F)N=C(NC(=O)c2ccccc2)SC2=C1CCC2. The molecule has 2 aromatic carbocycles. The van der Waals surface area contributed by atoms with Crippen LogP contribution in [0.15, 0.2) is 64.0 Å². The minimum absolute atomic E-state index is 0.146. The Morgan fingerprint density at radius 2 is 2.00 bits per heavy atom. The Balaban J connectivity index is 1.75. The van der Waals surface area contributed by atoms with Gasteiger partial charge in [-0.25, -0.2) is 9.38 Å². The first-order valence-electron chi connectivity index (χ1n) is 9.19. The van der Waals surface area contributed by atoms with E-state index >= 15 is 0 Å². The molecule has 1 atom stereocenters. The summed E-state index contributed by atoms with van der Waals surface area (Å²) in [5.41, 5.74) is 0.302. The lowest BCUT2D eigenvalue weighted by molar-refractivity contribution is -0.385. The number of carbonyl (C=O) groups excluding carboxylic acids is 1. The van der Waals surface area contributed by atoms with Crippen molar-refractivity contribution in [2.24, 2.45) is 4.99 Å². The van der Waals surface area contributed by atoms with Gasteiger partial charge in [-0.1, -0.05) is 30.0 Å². The molecule has 2 aromatic rings. The molecule has 0 saturated carbocycles. The van der Waals surface area contributed by atoms with E-state index in [4.69, 9.17) is 0 Å². The first-order valence-corrected chi connectivity index (χ1v) is 10.0. The lowest BCUT2D eigenvalue weighted by Gasteiger charge is -2.33. The van der Waals surface area contributed by atoms with Gasteiger partial charge in [0.2, 0.25) is 0 Å². The lowest BCUT2D eigenvalue weighted by atomic mass is 9.83. The molecule has 0 saturated heterocycles. The summed E-state index contributed by atoms with van der Waals surface area (Å²) in [7, 11) is 0. The van der Waals surface area contributed by atoms with Crippen LogP contribution in [0.5, 0.6) is 0 Å². The van der Waals surface area contributed by atoms with Gasteiger partial charge in [0.25, 0.3) is 11.6 Å². The number of nitro groups is 1.